The first-order valence-corrected chi connectivity index (χ1v) is 7.79. The molecule has 0 aromatic carbocycles. The summed E-state index contributed by atoms with van der Waals surface area (Å²) in [5.74, 6) is 0.744. The number of rotatable bonds is 0. The lowest BCUT2D eigenvalue weighted by molar-refractivity contribution is 0.267. The number of hydrogen-bond donors (Lipinski definition) is 0. The first kappa shape index (κ1) is 13.0. The molecule has 0 radical (unpaired) electrons. The fourth-order valence-electron chi connectivity index (χ4n) is 3.40. The summed E-state index contributed by atoms with van der Waals surface area (Å²) in [4.78, 5) is -2.58. The molecule has 1 aliphatic heterocycles. The summed E-state index contributed by atoms with van der Waals surface area (Å²) in [5.41, 5.74) is 0. The standard InChI is InChI=1S/C10H3Cl7O/c11-3-1-2(4-5(3)18-4)9(15)7(13)6(12)8(1,14)10(9,16)17/h1-3H. The van der Waals surface area contributed by atoms with Gasteiger partial charge in [0.15, 0.2) is 10.1 Å². The Morgan fingerprint density at radius 3 is 2.06 bits per heavy atom. The molecule has 3 aliphatic carbocycles. The summed E-state index contributed by atoms with van der Waals surface area (Å²) in [6, 6.07) is 0. The van der Waals surface area contributed by atoms with Crippen molar-refractivity contribution in [1.29, 1.82) is 0 Å². The van der Waals surface area contributed by atoms with Crippen molar-refractivity contribution in [2.75, 3.05) is 0 Å². The third kappa shape index (κ3) is 0.959. The minimum atomic E-state index is -1.54. The van der Waals surface area contributed by atoms with E-state index in [0.29, 0.717) is 11.5 Å². The third-order valence-corrected chi connectivity index (χ3v) is 9.01. The van der Waals surface area contributed by atoms with Gasteiger partial charge >= 0.3 is 0 Å². The van der Waals surface area contributed by atoms with E-state index in [0.717, 1.165) is 0 Å². The van der Waals surface area contributed by atoms with Gasteiger partial charge in [0.1, 0.15) is 20.9 Å². The molecule has 2 bridgehead atoms. The van der Waals surface area contributed by atoms with Gasteiger partial charge < -0.3 is 4.74 Å². The number of hydrogen-bond acceptors (Lipinski definition) is 1. The van der Waals surface area contributed by atoms with E-state index >= 15 is 0 Å². The molecule has 18 heavy (non-hydrogen) atoms. The van der Waals surface area contributed by atoms with Gasteiger partial charge in [-0.05, 0) is 0 Å². The molecule has 0 aromatic heterocycles. The van der Waals surface area contributed by atoms with Crippen LogP contribution in [-0.2, 0) is 4.74 Å². The third-order valence-electron chi connectivity index (χ3n) is 4.26. The highest BCUT2D eigenvalue weighted by molar-refractivity contribution is 6.66. The van der Waals surface area contributed by atoms with Gasteiger partial charge in [-0.15, -0.1) is 34.8 Å². The van der Waals surface area contributed by atoms with Gasteiger partial charge in [-0.2, -0.15) is 0 Å². The predicted octanol–water partition coefficient (Wildman–Crippen LogP) is 4.93. The molecule has 5 unspecified atom stereocenters. The SMILES string of the molecule is ClC1=C(Cl)C2(Cl)C3C(Cl)C4=C(O4)C3C1(Cl)C2(Cl)Cl. The summed E-state index contributed by atoms with van der Waals surface area (Å²) in [6.07, 6.45) is 0. The van der Waals surface area contributed by atoms with Crippen LogP contribution in [0.25, 0.3) is 0 Å². The largest absolute Gasteiger partial charge is 0.457 e. The van der Waals surface area contributed by atoms with Crippen LogP contribution >= 0.6 is 81.2 Å². The van der Waals surface area contributed by atoms with Crippen molar-refractivity contribution in [3.05, 3.63) is 21.6 Å². The molecular weight excluding hydrogens is 384 g/mol. The van der Waals surface area contributed by atoms with Crippen molar-refractivity contribution in [1.82, 2.24) is 0 Å². The summed E-state index contributed by atoms with van der Waals surface area (Å²) in [7, 11) is 0. The number of alkyl halides is 5. The quantitative estimate of drug-likeness (QED) is 0.537. The molecule has 0 amide bonds. The van der Waals surface area contributed by atoms with E-state index in [2.05, 4.69) is 0 Å². The fraction of sp³-hybridized carbons (Fsp3) is 0.600. The minimum absolute atomic E-state index is 0.181. The predicted molar refractivity (Wildman–Crippen MR) is 75.1 cm³/mol. The Morgan fingerprint density at radius 1 is 0.889 bits per heavy atom. The normalized spacial score (nSPS) is 54.7. The zero-order valence-electron chi connectivity index (χ0n) is 8.29. The number of ether oxygens (including phenoxy) is 1. The molecule has 4 aliphatic rings. The van der Waals surface area contributed by atoms with E-state index < -0.39 is 19.5 Å². The van der Waals surface area contributed by atoms with Crippen LogP contribution in [0.4, 0.5) is 0 Å². The van der Waals surface area contributed by atoms with Crippen LogP contribution in [0, 0.1) is 11.8 Å². The Kier molecular flexibility index (Phi) is 2.32. The lowest BCUT2D eigenvalue weighted by atomic mass is 9.83. The van der Waals surface area contributed by atoms with E-state index in [9.17, 15) is 0 Å². The lowest BCUT2D eigenvalue weighted by Crippen LogP contribution is -2.45. The second-order valence-electron chi connectivity index (χ2n) is 4.86. The molecule has 1 saturated carbocycles. The van der Waals surface area contributed by atoms with E-state index in [1.165, 1.54) is 0 Å². The highest BCUT2D eigenvalue weighted by Crippen LogP contribution is 2.81. The van der Waals surface area contributed by atoms with Gasteiger partial charge in [0.25, 0.3) is 0 Å². The maximum absolute atomic E-state index is 6.62. The molecule has 1 fully saturated rings. The van der Waals surface area contributed by atoms with E-state index in [4.69, 9.17) is 85.9 Å². The summed E-state index contributed by atoms with van der Waals surface area (Å²) in [5, 5.41) is -0.0704. The monoisotopic (exact) mass is 384 g/mol. The Balaban J connectivity index is 2.04. The van der Waals surface area contributed by atoms with Gasteiger partial charge in [-0.3, -0.25) is 0 Å². The first-order chi connectivity index (χ1) is 8.20. The average molecular weight is 387 g/mol. The molecule has 5 atom stereocenters. The van der Waals surface area contributed by atoms with Crippen LogP contribution in [0.5, 0.6) is 0 Å². The highest BCUT2D eigenvalue weighted by atomic mass is 35.5. The number of fused-ring (bicyclic) bond motifs is 6. The summed E-state index contributed by atoms with van der Waals surface area (Å²) >= 11 is 44.8. The van der Waals surface area contributed by atoms with Crippen LogP contribution in [0.2, 0.25) is 0 Å². The maximum Gasteiger partial charge on any atom is 0.167 e. The molecule has 0 spiro atoms. The molecule has 0 saturated heterocycles. The Morgan fingerprint density at radius 2 is 1.44 bits per heavy atom. The fourth-order valence-corrected chi connectivity index (χ4v) is 6.96. The van der Waals surface area contributed by atoms with Gasteiger partial charge in [0.05, 0.1) is 16.0 Å². The first-order valence-electron chi connectivity index (χ1n) is 5.08. The smallest absolute Gasteiger partial charge is 0.167 e. The zero-order chi connectivity index (χ0) is 13.2. The molecule has 1 nitrogen and oxygen atoms in total. The van der Waals surface area contributed by atoms with E-state index in [1.54, 1.807) is 0 Å². The molecule has 98 valence electrons. The number of allylic oxidation sites excluding steroid dienone is 4. The second kappa shape index (κ2) is 3.21. The van der Waals surface area contributed by atoms with Crippen LogP contribution in [0.15, 0.2) is 21.6 Å². The maximum atomic E-state index is 6.62. The van der Waals surface area contributed by atoms with Gasteiger partial charge in [0.2, 0.25) is 0 Å². The van der Waals surface area contributed by atoms with Crippen molar-refractivity contribution in [2.45, 2.75) is 19.5 Å². The Labute approximate surface area is 138 Å². The second-order valence-corrected chi connectivity index (χ2v) is 8.61. The van der Waals surface area contributed by atoms with Crippen LogP contribution in [0.1, 0.15) is 0 Å². The van der Waals surface area contributed by atoms with E-state index in [1.807, 2.05) is 0 Å². The molecule has 4 rings (SSSR count). The topological polar surface area (TPSA) is 12.5 Å². The van der Waals surface area contributed by atoms with Gasteiger partial charge in [-0.1, -0.05) is 46.4 Å². The number of halogens is 7. The van der Waals surface area contributed by atoms with Gasteiger partial charge in [-0.25, -0.2) is 0 Å². The molecule has 1 heterocycles. The minimum Gasteiger partial charge on any atom is -0.457 e. The lowest BCUT2D eigenvalue weighted by Gasteiger charge is -2.35. The van der Waals surface area contributed by atoms with Crippen LogP contribution in [0.3, 0.4) is 0 Å². The van der Waals surface area contributed by atoms with Crippen molar-refractivity contribution >= 4 is 81.2 Å². The molecule has 0 N–H and O–H groups in total. The van der Waals surface area contributed by atoms with Crippen LogP contribution < -0.4 is 0 Å². The van der Waals surface area contributed by atoms with Crippen molar-refractivity contribution < 1.29 is 4.74 Å². The van der Waals surface area contributed by atoms with Crippen LogP contribution in [-0.4, -0.2) is 19.5 Å². The van der Waals surface area contributed by atoms with E-state index in [-0.39, 0.29) is 21.9 Å². The van der Waals surface area contributed by atoms with Gasteiger partial charge in [0, 0.05) is 5.92 Å². The average Bonchev–Trinajstić information content (AvgIpc) is 2.98. The van der Waals surface area contributed by atoms with Crippen molar-refractivity contribution in [3.63, 3.8) is 0 Å². The zero-order valence-corrected chi connectivity index (χ0v) is 13.6. The molecule has 0 aromatic rings. The molecular formula is C10H3Cl7O. The summed E-state index contributed by atoms with van der Waals surface area (Å²) < 4.78 is 3.80. The molecule has 8 heteroatoms. The summed E-state index contributed by atoms with van der Waals surface area (Å²) in [6.45, 7) is 0. The highest BCUT2D eigenvalue weighted by Gasteiger charge is 2.87. The Hall–Kier alpha value is 1.31. The van der Waals surface area contributed by atoms with Crippen molar-refractivity contribution in [3.8, 4) is 0 Å². The Bertz CT molecular complexity index is 567. The van der Waals surface area contributed by atoms with Crippen molar-refractivity contribution in [2.24, 2.45) is 11.8 Å².